The molecule has 0 bridgehead atoms. The van der Waals surface area contributed by atoms with Gasteiger partial charge in [-0.05, 0) is 34.3 Å². The zero-order valence-electron chi connectivity index (χ0n) is 12.8. The van der Waals surface area contributed by atoms with E-state index in [-0.39, 0.29) is 0 Å². The van der Waals surface area contributed by atoms with Crippen LogP contribution in [0.4, 0.5) is 0 Å². The SMILES string of the molecule is CC(C)[Si](OCCCCC#CBr)(C(C)C)C(C)C. The molecule has 0 aromatic heterocycles. The second-order valence-electron chi connectivity index (χ2n) is 5.89. The topological polar surface area (TPSA) is 9.23 Å². The average Bonchev–Trinajstić information content (AvgIpc) is 2.26. The maximum Gasteiger partial charge on any atom is 0.200 e. The Kier molecular flexibility index (Phi) is 9.28. The fourth-order valence-corrected chi connectivity index (χ4v) is 8.81. The quantitative estimate of drug-likeness (QED) is 0.314. The zero-order chi connectivity index (χ0) is 14.2. The van der Waals surface area contributed by atoms with Crippen LogP contribution in [0.15, 0.2) is 0 Å². The summed E-state index contributed by atoms with van der Waals surface area (Å²) in [6.45, 7) is 14.9. The Morgan fingerprint density at radius 3 is 1.83 bits per heavy atom. The van der Waals surface area contributed by atoms with Gasteiger partial charge in [-0.2, -0.15) is 0 Å². The van der Waals surface area contributed by atoms with Crippen molar-refractivity contribution in [2.24, 2.45) is 0 Å². The predicted octanol–water partition coefficient (Wildman–Crippen LogP) is 5.70. The monoisotopic (exact) mass is 332 g/mol. The van der Waals surface area contributed by atoms with Crippen molar-refractivity contribution in [2.45, 2.75) is 77.4 Å². The molecule has 0 saturated carbocycles. The summed E-state index contributed by atoms with van der Waals surface area (Å²) in [7, 11) is -1.64. The van der Waals surface area contributed by atoms with E-state index in [1.165, 1.54) is 0 Å². The first kappa shape index (κ1) is 18.2. The minimum atomic E-state index is -1.64. The van der Waals surface area contributed by atoms with Crippen LogP contribution in [0.3, 0.4) is 0 Å². The van der Waals surface area contributed by atoms with E-state index >= 15 is 0 Å². The van der Waals surface area contributed by atoms with Crippen molar-refractivity contribution in [3.05, 3.63) is 0 Å². The van der Waals surface area contributed by atoms with Gasteiger partial charge < -0.3 is 4.43 Å². The van der Waals surface area contributed by atoms with Crippen molar-refractivity contribution in [3.8, 4) is 10.8 Å². The van der Waals surface area contributed by atoms with E-state index in [1.807, 2.05) is 0 Å². The maximum absolute atomic E-state index is 6.47. The summed E-state index contributed by atoms with van der Waals surface area (Å²) in [5.74, 6) is 3.04. The highest BCUT2D eigenvalue weighted by Crippen LogP contribution is 2.42. The molecule has 0 spiro atoms. The van der Waals surface area contributed by atoms with Crippen LogP contribution in [0.1, 0.15) is 60.8 Å². The molecular weight excluding hydrogens is 304 g/mol. The molecule has 0 fully saturated rings. The summed E-state index contributed by atoms with van der Waals surface area (Å²) in [6.07, 6.45) is 3.23. The van der Waals surface area contributed by atoms with Crippen molar-refractivity contribution >= 4 is 24.2 Å². The van der Waals surface area contributed by atoms with Gasteiger partial charge in [-0.3, -0.25) is 0 Å². The molecule has 0 rings (SSSR count). The van der Waals surface area contributed by atoms with Gasteiger partial charge in [-0.25, -0.2) is 0 Å². The van der Waals surface area contributed by atoms with E-state index in [2.05, 4.69) is 68.2 Å². The summed E-state index contributed by atoms with van der Waals surface area (Å²) >= 11 is 3.12. The maximum atomic E-state index is 6.47. The summed E-state index contributed by atoms with van der Waals surface area (Å²) in [4.78, 5) is 2.76. The summed E-state index contributed by atoms with van der Waals surface area (Å²) in [5.41, 5.74) is 2.04. The number of unbranched alkanes of at least 4 members (excludes halogenated alkanes) is 2. The van der Waals surface area contributed by atoms with E-state index in [9.17, 15) is 0 Å². The van der Waals surface area contributed by atoms with Crippen LogP contribution in [-0.2, 0) is 4.43 Å². The van der Waals surface area contributed by atoms with Gasteiger partial charge in [0.2, 0.25) is 0 Å². The van der Waals surface area contributed by atoms with Crippen LogP contribution in [0.25, 0.3) is 0 Å². The van der Waals surface area contributed by atoms with Crippen molar-refractivity contribution in [1.29, 1.82) is 0 Å². The molecule has 0 aliphatic rings. The Labute approximate surface area is 123 Å². The zero-order valence-corrected chi connectivity index (χ0v) is 15.4. The van der Waals surface area contributed by atoms with Crippen LogP contribution in [0.2, 0.25) is 16.6 Å². The molecule has 0 amide bonds. The average molecular weight is 333 g/mol. The smallest absolute Gasteiger partial charge is 0.200 e. The van der Waals surface area contributed by atoms with Crippen LogP contribution >= 0.6 is 15.9 Å². The summed E-state index contributed by atoms with van der Waals surface area (Å²) in [6, 6.07) is 0. The van der Waals surface area contributed by atoms with E-state index in [1.54, 1.807) is 0 Å². The molecule has 0 aliphatic heterocycles. The number of hydrogen-bond acceptors (Lipinski definition) is 1. The first-order valence-electron chi connectivity index (χ1n) is 7.12. The van der Waals surface area contributed by atoms with E-state index in [4.69, 9.17) is 4.43 Å². The van der Waals surface area contributed by atoms with Crippen molar-refractivity contribution in [1.82, 2.24) is 0 Å². The molecule has 0 aromatic carbocycles. The van der Waals surface area contributed by atoms with Gasteiger partial charge in [0.15, 0.2) is 8.32 Å². The lowest BCUT2D eigenvalue weighted by Gasteiger charge is -2.42. The van der Waals surface area contributed by atoms with Gasteiger partial charge in [0, 0.05) is 29.0 Å². The molecule has 0 atom stereocenters. The Balaban J connectivity index is 4.37. The molecule has 0 aliphatic carbocycles. The van der Waals surface area contributed by atoms with E-state index < -0.39 is 8.32 Å². The highest BCUT2D eigenvalue weighted by atomic mass is 79.9. The lowest BCUT2D eigenvalue weighted by molar-refractivity contribution is 0.270. The number of rotatable bonds is 8. The van der Waals surface area contributed by atoms with Gasteiger partial charge in [-0.15, -0.1) is 0 Å². The van der Waals surface area contributed by atoms with Crippen LogP contribution in [-0.4, -0.2) is 14.9 Å². The Morgan fingerprint density at radius 2 is 1.44 bits per heavy atom. The third kappa shape index (κ3) is 5.07. The minimum Gasteiger partial charge on any atom is -0.416 e. The minimum absolute atomic E-state index is 0.680. The fourth-order valence-electron chi connectivity index (χ4n) is 3.11. The van der Waals surface area contributed by atoms with Gasteiger partial charge in [0.05, 0.1) is 0 Å². The lowest BCUT2D eigenvalue weighted by Crippen LogP contribution is -2.47. The Morgan fingerprint density at radius 1 is 0.944 bits per heavy atom. The first-order chi connectivity index (χ1) is 8.39. The van der Waals surface area contributed by atoms with Gasteiger partial charge in [0.1, 0.15) is 0 Å². The van der Waals surface area contributed by atoms with Crippen molar-refractivity contribution < 1.29 is 4.43 Å². The molecule has 3 heteroatoms. The van der Waals surface area contributed by atoms with E-state index in [0.29, 0.717) is 16.6 Å². The number of halogens is 1. The van der Waals surface area contributed by atoms with E-state index in [0.717, 1.165) is 25.9 Å². The second-order valence-corrected chi connectivity index (χ2v) is 11.8. The largest absolute Gasteiger partial charge is 0.416 e. The van der Waals surface area contributed by atoms with Crippen LogP contribution in [0.5, 0.6) is 0 Å². The van der Waals surface area contributed by atoms with Crippen molar-refractivity contribution in [3.63, 3.8) is 0 Å². The molecule has 0 heterocycles. The van der Waals surface area contributed by atoms with Gasteiger partial charge >= 0.3 is 0 Å². The van der Waals surface area contributed by atoms with Crippen molar-refractivity contribution in [2.75, 3.05) is 6.61 Å². The highest BCUT2D eigenvalue weighted by molar-refractivity contribution is 9.12. The number of hydrogen-bond donors (Lipinski definition) is 0. The lowest BCUT2D eigenvalue weighted by atomic mass is 10.2. The molecule has 0 N–H and O–H groups in total. The molecule has 0 unspecified atom stereocenters. The summed E-state index contributed by atoms with van der Waals surface area (Å²) in [5, 5.41) is 0. The van der Waals surface area contributed by atoms with Gasteiger partial charge in [0.25, 0.3) is 0 Å². The fraction of sp³-hybridized carbons (Fsp3) is 0.867. The third-order valence-corrected chi connectivity index (χ3v) is 10.2. The second kappa shape index (κ2) is 9.17. The Bertz CT molecular complexity index is 254. The normalized spacial score (nSPS) is 12.1. The molecule has 0 radical (unpaired) electrons. The summed E-state index contributed by atoms with van der Waals surface area (Å²) < 4.78 is 6.47. The highest BCUT2D eigenvalue weighted by Gasteiger charge is 2.44. The molecule has 1 nitrogen and oxygen atoms in total. The molecule has 0 aromatic rings. The first-order valence-corrected chi connectivity index (χ1v) is 10.0. The molecule has 106 valence electrons. The van der Waals surface area contributed by atoms with Crippen LogP contribution < -0.4 is 0 Å². The molecular formula is C15H29BrOSi. The predicted molar refractivity (Wildman–Crippen MR) is 87.6 cm³/mol. The molecule has 18 heavy (non-hydrogen) atoms. The van der Waals surface area contributed by atoms with Crippen LogP contribution in [0, 0.1) is 10.8 Å². The third-order valence-electron chi connectivity index (χ3n) is 3.82. The van der Waals surface area contributed by atoms with Gasteiger partial charge in [-0.1, -0.05) is 47.5 Å². The standard InChI is InChI=1S/C15H29BrOSi/c1-13(2)18(14(3)4,15(5)6)17-12-10-8-7-9-11-16/h13-15H,7-8,10,12H2,1-6H3. The molecule has 0 saturated heterocycles. The Hall–Kier alpha value is 0.217.